The second kappa shape index (κ2) is 8.67. The number of carbonyl (C=O) groups is 1. The number of carboxylic acids is 1. The Labute approximate surface area is 149 Å². The van der Waals surface area contributed by atoms with Crippen molar-refractivity contribution in [2.45, 2.75) is 38.3 Å². The van der Waals surface area contributed by atoms with Crippen molar-refractivity contribution in [3.8, 4) is 5.75 Å². The van der Waals surface area contributed by atoms with Crippen LogP contribution in [0.15, 0.2) is 54.6 Å². The van der Waals surface area contributed by atoms with Gasteiger partial charge in [-0.1, -0.05) is 48.9 Å². The van der Waals surface area contributed by atoms with Crippen LogP contribution < -0.4 is 4.74 Å². The third-order valence-corrected chi connectivity index (χ3v) is 4.69. The van der Waals surface area contributed by atoms with Gasteiger partial charge in [0.1, 0.15) is 11.8 Å². The number of benzene rings is 2. The van der Waals surface area contributed by atoms with E-state index in [2.05, 4.69) is 17.0 Å². The van der Waals surface area contributed by atoms with Crippen molar-refractivity contribution in [1.29, 1.82) is 0 Å². The van der Waals surface area contributed by atoms with Gasteiger partial charge in [0, 0.05) is 13.0 Å². The third-order valence-electron chi connectivity index (χ3n) is 4.69. The summed E-state index contributed by atoms with van der Waals surface area (Å²) in [6.45, 7) is 2.14. The molecule has 1 unspecified atom stereocenters. The highest BCUT2D eigenvalue weighted by molar-refractivity contribution is 5.73. The minimum atomic E-state index is -0.713. The molecule has 1 aliphatic rings. The number of rotatable bonds is 7. The molecule has 4 nitrogen and oxygen atoms in total. The average Bonchev–Trinajstić information content (AvgIpc) is 2.63. The summed E-state index contributed by atoms with van der Waals surface area (Å²) in [5, 5.41) is 9.40. The number of carboxylic acid groups (broad SMARTS) is 1. The predicted octanol–water partition coefficient (Wildman–Crippen LogP) is 3.75. The van der Waals surface area contributed by atoms with Crippen molar-refractivity contribution in [1.82, 2.24) is 4.90 Å². The SMILES string of the molecule is O=C(O)C1CCCCN1Cc1cccc(OCCc2ccccc2)c1. The molecule has 0 spiro atoms. The first-order chi connectivity index (χ1) is 12.2. The van der Waals surface area contributed by atoms with Gasteiger partial charge in [0.15, 0.2) is 0 Å². The zero-order valence-corrected chi connectivity index (χ0v) is 14.4. The van der Waals surface area contributed by atoms with Gasteiger partial charge in [0.25, 0.3) is 0 Å². The fourth-order valence-electron chi connectivity index (χ4n) is 3.36. The van der Waals surface area contributed by atoms with Crippen molar-refractivity contribution in [2.75, 3.05) is 13.2 Å². The number of nitrogens with zero attached hydrogens (tertiary/aromatic N) is 1. The average molecular weight is 339 g/mol. The van der Waals surface area contributed by atoms with Crippen LogP contribution in [0, 0.1) is 0 Å². The summed E-state index contributed by atoms with van der Waals surface area (Å²) >= 11 is 0. The van der Waals surface area contributed by atoms with E-state index in [1.807, 2.05) is 42.5 Å². The molecule has 2 aromatic rings. The van der Waals surface area contributed by atoms with Crippen molar-refractivity contribution in [3.63, 3.8) is 0 Å². The third kappa shape index (κ3) is 5.07. The van der Waals surface area contributed by atoms with Crippen molar-refractivity contribution >= 4 is 5.97 Å². The quantitative estimate of drug-likeness (QED) is 0.835. The molecule has 0 radical (unpaired) electrons. The number of ether oxygens (including phenoxy) is 1. The predicted molar refractivity (Wildman–Crippen MR) is 97.8 cm³/mol. The van der Waals surface area contributed by atoms with Crippen LogP contribution in [-0.2, 0) is 17.8 Å². The number of likely N-dealkylation sites (tertiary alicyclic amines) is 1. The molecule has 132 valence electrons. The zero-order valence-electron chi connectivity index (χ0n) is 14.4. The molecule has 0 aliphatic carbocycles. The second-order valence-electron chi connectivity index (χ2n) is 6.55. The maximum Gasteiger partial charge on any atom is 0.320 e. The highest BCUT2D eigenvalue weighted by Gasteiger charge is 2.28. The number of hydrogen-bond acceptors (Lipinski definition) is 3. The summed E-state index contributed by atoms with van der Waals surface area (Å²) in [4.78, 5) is 13.5. The molecule has 0 amide bonds. The van der Waals surface area contributed by atoms with Gasteiger partial charge in [-0.15, -0.1) is 0 Å². The van der Waals surface area contributed by atoms with E-state index in [1.165, 1.54) is 5.56 Å². The Morgan fingerprint density at radius 3 is 2.68 bits per heavy atom. The lowest BCUT2D eigenvalue weighted by molar-refractivity contribution is -0.144. The van der Waals surface area contributed by atoms with Crippen LogP contribution in [0.5, 0.6) is 5.75 Å². The van der Waals surface area contributed by atoms with E-state index >= 15 is 0 Å². The van der Waals surface area contributed by atoms with E-state index < -0.39 is 5.97 Å². The Morgan fingerprint density at radius 1 is 1.08 bits per heavy atom. The van der Waals surface area contributed by atoms with E-state index in [4.69, 9.17) is 4.74 Å². The highest BCUT2D eigenvalue weighted by atomic mass is 16.5. The molecule has 4 heteroatoms. The fourth-order valence-corrected chi connectivity index (χ4v) is 3.36. The molecule has 1 saturated heterocycles. The molecule has 3 rings (SSSR count). The molecule has 25 heavy (non-hydrogen) atoms. The van der Waals surface area contributed by atoms with E-state index in [0.717, 1.165) is 43.5 Å². The first-order valence-corrected chi connectivity index (χ1v) is 8.95. The number of piperidine rings is 1. The van der Waals surface area contributed by atoms with Crippen molar-refractivity contribution in [3.05, 3.63) is 65.7 Å². The Kier molecular flexibility index (Phi) is 6.07. The Morgan fingerprint density at radius 2 is 1.88 bits per heavy atom. The lowest BCUT2D eigenvalue weighted by atomic mass is 10.0. The number of aliphatic carboxylic acids is 1. The summed E-state index contributed by atoms with van der Waals surface area (Å²) in [7, 11) is 0. The molecular weight excluding hydrogens is 314 g/mol. The Bertz CT molecular complexity index is 687. The van der Waals surface area contributed by atoms with Gasteiger partial charge in [-0.25, -0.2) is 0 Å². The summed E-state index contributed by atoms with van der Waals surface area (Å²) in [6.07, 6.45) is 3.67. The standard InChI is InChI=1S/C21H25NO3/c23-21(24)20-11-4-5-13-22(20)16-18-9-6-10-19(15-18)25-14-12-17-7-2-1-3-8-17/h1-3,6-10,15,20H,4-5,11-14,16H2,(H,23,24). The monoisotopic (exact) mass is 339 g/mol. The molecule has 1 atom stereocenters. The second-order valence-corrected chi connectivity index (χ2v) is 6.55. The minimum Gasteiger partial charge on any atom is -0.493 e. The van der Waals surface area contributed by atoms with Gasteiger partial charge in [0.05, 0.1) is 6.61 Å². The molecule has 1 aliphatic heterocycles. The van der Waals surface area contributed by atoms with Crippen LogP contribution in [0.25, 0.3) is 0 Å². The topological polar surface area (TPSA) is 49.8 Å². The lowest BCUT2D eigenvalue weighted by Crippen LogP contribution is -2.43. The fraction of sp³-hybridized carbons (Fsp3) is 0.381. The van der Waals surface area contributed by atoms with Gasteiger partial charge < -0.3 is 9.84 Å². The van der Waals surface area contributed by atoms with Crippen LogP contribution in [0.4, 0.5) is 0 Å². The molecule has 0 bridgehead atoms. The number of hydrogen-bond donors (Lipinski definition) is 1. The van der Waals surface area contributed by atoms with Crippen LogP contribution in [0.2, 0.25) is 0 Å². The van der Waals surface area contributed by atoms with Crippen LogP contribution >= 0.6 is 0 Å². The van der Waals surface area contributed by atoms with E-state index in [-0.39, 0.29) is 6.04 Å². The lowest BCUT2D eigenvalue weighted by Gasteiger charge is -2.32. The van der Waals surface area contributed by atoms with Crippen molar-refractivity contribution in [2.24, 2.45) is 0 Å². The summed E-state index contributed by atoms with van der Waals surface area (Å²) in [5.74, 6) is 0.132. The smallest absolute Gasteiger partial charge is 0.320 e. The minimum absolute atomic E-state index is 0.364. The Hall–Kier alpha value is -2.33. The molecule has 0 saturated carbocycles. The highest BCUT2D eigenvalue weighted by Crippen LogP contribution is 2.22. The normalized spacial score (nSPS) is 18.0. The van der Waals surface area contributed by atoms with Gasteiger partial charge in [0.2, 0.25) is 0 Å². The summed E-state index contributed by atoms with van der Waals surface area (Å²) in [6, 6.07) is 17.9. The van der Waals surface area contributed by atoms with Crippen LogP contribution in [0.3, 0.4) is 0 Å². The summed E-state index contributed by atoms with van der Waals surface area (Å²) < 4.78 is 5.88. The molecule has 1 heterocycles. The Balaban J connectivity index is 1.56. The van der Waals surface area contributed by atoms with Gasteiger partial charge in [-0.3, -0.25) is 9.69 Å². The zero-order chi connectivity index (χ0) is 17.5. The largest absolute Gasteiger partial charge is 0.493 e. The molecule has 1 N–H and O–H groups in total. The molecule has 0 aromatic heterocycles. The van der Waals surface area contributed by atoms with E-state index in [1.54, 1.807) is 0 Å². The van der Waals surface area contributed by atoms with Gasteiger partial charge in [-0.05, 0) is 42.6 Å². The molecule has 2 aromatic carbocycles. The van der Waals surface area contributed by atoms with Gasteiger partial charge >= 0.3 is 5.97 Å². The van der Waals surface area contributed by atoms with Crippen molar-refractivity contribution < 1.29 is 14.6 Å². The van der Waals surface area contributed by atoms with Crippen LogP contribution in [0.1, 0.15) is 30.4 Å². The maximum atomic E-state index is 11.4. The molecule has 1 fully saturated rings. The van der Waals surface area contributed by atoms with E-state index in [9.17, 15) is 9.90 Å². The van der Waals surface area contributed by atoms with Crippen LogP contribution in [-0.4, -0.2) is 35.2 Å². The van der Waals surface area contributed by atoms with E-state index in [0.29, 0.717) is 13.2 Å². The summed E-state index contributed by atoms with van der Waals surface area (Å²) in [5.41, 5.74) is 2.36. The first kappa shape index (κ1) is 17.5. The first-order valence-electron chi connectivity index (χ1n) is 8.95. The molecular formula is C21H25NO3. The maximum absolute atomic E-state index is 11.4. The van der Waals surface area contributed by atoms with Gasteiger partial charge in [-0.2, -0.15) is 0 Å².